The van der Waals surface area contributed by atoms with Gasteiger partial charge in [-0.05, 0) is 13.8 Å². The molecule has 88 valence electrons. The molecule has 2 N–H and O–H groups in total. The summed E-state index contributed by atoms with van der Waals surface area (Å²) >= 11 is 0. The van der Waals surface area contributed by atoms with Gasteiger partial charge in [0.25, 0.3) is 5.91 Å². The van der Waals surface area contributed by atoms with E-state index in [-0.39, 0.29) is 17.5 Å². The number of piperidine rings is 1. The van der Waals surface area contributed by atoms with Crippen LogP contribution >= 0.6 is 0 Å². The molecule has 0 radical (unpaired) electrons. The average molecular weight is 223 g/mol. The molecule has 2 fully saturated rings. The SMILES string of the molecule is C=C1CC2(CC(C)(C)N1)NC(=O)N(C)C2=O. The van der Waals surface area contributed by atoms with Crippen LogP contribution < -0.4 is 10.6 Å². The second kappa shape index (κ2) is 2.99. The molecule has 0 aromatic rings. The van der Waals surface area contributed by atoms with Gasteiger partial charge in [-0.15, -0.1) is 0 Å². The van der Waals surface area contributed by atoms with Gasteiger partial charge in [0.05, 0.1) is 0 Å². The van der Waals surface area contributed by atoms with Gasteiger partial charge in [0.15, 0.2) is 0 Å². The van der Waals surface area contributed by atoms with Crippen molar-refractivity contribution in [1.82, 2.24) is 15.5 Å². The molecular formula is C11H17N3O2. The fourth-order valence-corrected chi connectivity index (χ4v) is 2.74. The van der Waals surface area contributed by atoms with E-state index in [1.54, 1.807) is 0 Å². The van der Waals surface area contributed by atoms with Crippen molar-refractivity contribution in [2.75, 3.05) is 7.05 Å². The first-order chi connectivity index (χ1) is 7.26. The van der Waals surface area contributed by atoms with Crippen molar-refractivity contribution in [3.8, 4) is 0 Å². The topological polar surface area (TPSA) is 61.4 Å². The van der Waals surface area contributed by atoms with Crippen LogP contribution in [-0.4, -0.2) is 35.0 Å². The Morgan fingerprint density at radius 3 is 2.38 bits per heavy atom. The summed E-state index contributed by atoms with van der Waals surface area (Å²) in [6.45, 7) is 7.87. The fraction of sp³-hybridized carbons (Fsp3) is 0.636. The molecule has 16 heavy (non-hydrogen) atoms. The molecule has 2 saturated heterocycles. The summed E-state index contributed by atoms with van der Waals surface area (Å²) in [5.74, 6) is -0.159. The quantitative estimate of drug-likeness (QED) is 0.591. The number of amides is 3. The van der Waals surface area contributed by atoms with Crippen molar-refractivity contribution < 1.29 is 9.59 Å². The summed E-state index contributed by atoms with van der Waals surface area (Å²) in [4.78, 5) is 24.8. The number of carbonyl (C=O) groups excluding carboxylic acids is 2. The number of hydrogen-bond acceptors (Lipinski definition) is 3. The predicted octanol–water partition coefficient (Wildman–Crippen LogP) is 0.582. The third-order valence-electron chi connectivity index (χ3n) is 3.14. The molecule has 0 aromatic carbocycles. The number of rotatable bonds is 0. The standard InChI is InChI=1S/C11H17N3O2/c1-7-5-11(6-10(2,3)12-7)8(15)14(4)9(16)13-11/h12H,1,5-6H2,2-4H3,(H,13,16). The van der Waals surface area contributed by atoms with Crippen molar-refractivity contribution in [1.29, 1.82) is 0 Å². The zero-order valence-corrected chi connectivity index (χ0v) is 9.89. The van der Waals surface area contributed by atoms with Crippen LogP contribution in [0.3, 0.4) is 0 Å². The average Bonchev–Trinajstić information content (AvgIpc) is 2.27. The van der Waals surface area contributed by atoms with Crippen molar-refractivity contribution in [2.45, 2.75) is 37.8 Å². The summed E-state index contributed by atoms with van der Waals surface area (Å²) < 4.78 is 0. The highest BCUT2D eigenvalue weighted by Gasteiger charge is 2.54. The van der Waals surface area contributed by atoms with Gasteiger partial charge < -0.3 is 10.6 Å². The molecule has 2 aliphatic rings. The second-order valence-electron chi connectivity index (χ2n) is 5.34. The number of urea groups is 1. The zero-order valence-electron chi connectivity index (χ0n) is 9.89. The Hall–Kier alpha value is -1.52. The molecule has 2 aliphatic heterocycles. The van der Waals surface area contributed by atoms with Gasteiger partial charge >= 0.3 is 6.03 Å². The van der Waals surface area contributed by atoms with Gasteiger partial charge in [-0.1, -0.05) is 6.58 Å². The van der Waals surface area contributed by atoms with E-state index in [1.807, 2.05) is 13.8 Å². The maximum absolute atomic E-state index is 12.1. The molecule has 2 rings (SSSR count). The molecule has 3 amide bonds. The molecule has 0 aromatic heterocycles. The van der Waals surface area contributed by atoms with Gasteiger partial charge in [0, 0.05) is 31.1 Å². The van der Waals surface area contributed by atoms with Crippen LogP contribution in [0.5, 0.6) is 0 Å². The highest BCUT2D eigenvalue weighted by Crippen LogP contribution is 2.36. The van der Waals surface area contributed by atoms with Gasteiger partial charge in [-0.3, -0.25) is 9.69 Å². The van der Waals surface area contributed by atoms with Crippen molar-refractivity contribution in [3.63, 3.8) is 0 Å². The number of nitrogens with zero attached hydrogens (tertiary/aromatic N) is 1. The van der Waals surface area contributed by atoms with E-state index in [4.69, 9.17) is 0 Å². The maximum Gasteiger partial charge on any atom is 0.324 e. The van der Waals surface area contributed by atoms with Crippen LogP contribution in [0, 0.1) is 0 Å². The maximum atomic E-state index is 12.1. The molecule has 0 bridgehead atoms. The van der Waals surface area contributed by atoms with Gasteiger partial charge in [0.2, 0.25) is 0 Å². The molecule has 0 aliphatic carbocycles. The molecule has 0 saturated carbocycles. The number of likely N-dealkylation sites (N-methyl/N-ethyl adjacent to an activating group) is 1. The largest absolute Gasteiger partial charge is 0.384 e. The van der Waals surface area contributed by atoms with E-state index < -0.39 is 5.54 Å². The highest BCUT2D eigenvalue weighted by molar-refractivity contribution is 6.07. The van der Waals surface area contributed by atoms with Crippen LogP contribution in [0.1, 0.15) is 26.7 Å². The molecule has 2 heterocycles. The summed E-state index contributed by atoms with van der Waals surface area (Å²) in [6, 6.07) is -0.324. The minimum Gasteiger partial charge on any atom is -0.384 e. The monoisotopic (exact) mass is 223 g/mol. The lowest BCUT2D eigenvalue weighted by Crippen LogP contribution is -2.60. The van der Waals surface area contributed by atoms with Crippen LogP contribution in [0.15, 0.2) is 12.3 Å². The first kappa shape index (κ1) is 11.0. The molecule has 1 unspecified atom stereocenters. The summed E-state index contributed by atoms with van der Waals surface area (Å²) in [5, 5.41) is 6.03. The van der Waals surface area contributed by atoms with Crippen molar-refractivity contribution in [3.05, 3.63) is 12.3 Å². The molecule has 5 heteroatoms. The van der Waals surface area contributed by atoms with E-state index in [2.05, 4.69) is 17.2 Å². The van der Waals surface area contributed by atoms with Crippen molar-refractivity contribution in [2.24, 2.45) is 0 Å². The van der Waals surface area contributed by atoms with E-state index in [1.165, 1.54) is 7.05 Å². The number of imide groups is 1. The van der Waals surface area contributed by atoms with Crippen LogP contribution in [0.25, 0.3) is 0 Å². The number of nitrogens with one attached hydrogen (secondary N) is 2. The zero-order chi connectivity index (χ0) is 12.1. The smallest absolute Gasteiger partial charge is 0.324 e. The van der Waals surface area contributed by atoms with Crippen LogP contribution in [-0.2, 0) is 4.79 Å². The number of hydrogen-bond donors (Lipinski definition) is 2. The minimum absolute atomic E-state index is 0.159. The van der Waals surface area contributed by atoms with Crippen molar-refractivity contribution >= 4 is 11.9 Å². The van der Waals surface area contributed by atoms with Crippen LogP contribution in [0.2, 0.25) is 0 Å². The molecule has 1 spiro atoms. The van der Waals surface area contributed by atoms with Gasteiger partial charge in [-0.25, -0.2) is 4.79 Å². The normalized spacial score (nSPS) is 32.9. The van der Waals surface area contributed by atoms with E-state index in [9.17, 15) is 9.59 Å². The first-order valence-electron chi connectivity index (χ1n) is 5.32. The van der Waals surface area contributed by atoms with Crippen LogP contribution in [0.4, 0.5) is 4.79 Å². The second-order valence-corrected chi connectivity index (χ2v) is 5.34. The Bertz CT molecular complexity index is 385. The Morgan fingerprint density at radius 2 is 1.94 bits per heavy atom. The number of carbonyl (C=O) groups is 2. The van der Waals surface area contributed by atoms with Gasteiger partial charge in [-0.2, -0.15) is 0 Å². The summed E-state index contributed by atoms with van der Waals surface area (Å²) in [6.07, 6.45) is 1.04. The van der Waals surface area contributed by atoms with E-state index in [0.29, 0.717) is 12.8 Å². The van der Waals surface area contributed by atoms with Gasteiger partial charge in [0.1, 0.15) is 5.54 Å². The lowest BCUT2D eigenvalue weighted by Gasteiger charge is -2.43. The highest BCUT2D eigenvalue weighted by atomic mass is 16.2. The Labute approximate surface area is 94.9 Å². The lowest BCUT2D eigenvalue weighted by molar-refractivity contribution is -0.131. The lowest BCUT2D eigenvalue weighted by atomic mass is 9.77. The first-order valence-corrected chi connectivity index (χ1v) is 5.32. The third kappa shape index (κ3) is 1.47. The Kier molecular flexibility index (Phi) is 2.05. The minimum atomic E-state index is -0.794. The summed E-state index contributed by atoms with van der Waals surface area (Å²) in [5.41, 5.74) is -0.235. The third-order valence-corrected chi connectivity index (χ3v) is 3.14. The van der Waals surface area contributed by atoms with E-state index in [0.717, 1.165) is 10.6 Å². The Morgan fingerprint density at radius 1 is 1.31 bits per heavy atom. The summed E-state index contributed by atoms with van der Waals surface area (Å²) in [7, 11) is 1.50. The molecular weight excluding hydrogens is 206 g/mol. The molecule has 1 atom stereocenters. The Balaban J connectivity index is 2.36. The fourth-order valence-electron chi connectivity index (χ4n) is 2.74. The molecule has 5 nitrogen and oxygen atoms in total. The predicted molar refractivity (Wildman–Crippen MR) is 59.6 cm³/mol. The van der Waals surface area contributed by atoms with E-state index >= 15 is 0 Å².